The van der Waals surface area contributed by atoms with Gasteiger partial charge in [-0.25, -0.2) is 0 Å². The van der Waals surface area contributed by atoms with Gasteiger partial charge in [-0.3, -0.25) is 5.10 Å². The molecule has 0 spiro atoms. The van der Waals surface area contributed by atoms with E-state index in [1.165, 1.54) is 44.6 Å². The molecule has 0 aromatic carbocycles. The Morgan fingerprint density at radius 3 is 2.89 bits per heavy atom. The second kappa shape index (κ2) is 6.42. The molecule has 4 nitrogen and oxygen atoms in total. The van der Waals surface area contributed by atoms with Crippen LogP contribution in [0.1, 0.15) is 44.5 Å². The number of aromatic nitrogens is 2. The molecule has 0 amide bonds. The van der Waals surface area contributed by atoms with Gasteiger partial charge in [0, 0.05) is 12.6 Å². The lowest BCUT2D eigenvalue weighted by Crippen LogP contribution is -2.42. The molecule has 2 rings (SSSR count). The van der Waals surface area contributed by atoms with Crippen molar-refractivity contribution in [3.05, 3.63) is 11.4 Å². The lowest BCUT2D eigenvalue weighted by Gasteiger charge is -2.36. The highest BCUT2D eigenvalue weighted by atomic mass is 15.2. The van der Waals surface area contributed by atoms with Gasteiger partial charge in [0.1, 0.15) is 0 Å². The van der Waals surface area contributed by atoms with E-state index in [4.69, 9.17) is 0 Å². The first-order chi connectivity index (χ1) is 9.11. The van der Waals surface area contributed by atoms with Crippen LogP contribution in [0.15, 0.2) is 0 Å². The molecule has 2 unspecified atom stereocenters. The van der Waals surface area contributed by atoms with Gasteiger partial charge in [-0.1, -0.05) is 6.92 Å². The number of H-pyrrole nitrogens is 1. The molecule has 1 aliphatic rings. The molecule has 1 aliphatic heterocycles. The van der Waals surface area contributed by atoms with E-state index in [2.05, 4.69) is 48.1 Å². The van der Waals surface area contributed by atoms with E-state index in [1.807, 2.05) is 0 Å². The number of hydrogen-bond acceptors (Lipinski definition) is 3. The van der Waals surface area contributed by atoms with Crippen molar-refractivity contribution in [3.63, 3.8) is 0 Å². The zero-order valence-corrected chi connectivity index (χ0v) is 12.8. The first-order valence-corrected chi connectivity index (χ1v) is 7.62. The van der Waals surface area contributed by atoms with Crippen LogP contribution in [-0.2, 0) is 0 Å². The Morgan fingerprint density at radius 2 is 2.26 bits per heavy atom. The Morgan fingerprint density at radius 1 is 1.47 bits per heavy atom. The summed E-state index contributed by atoms with van der Waals surface area (Å²) in [6, 6.07) is 0.509. The maximum atomic E-state index is 4.26. The molecule has 2 atom stereocenters. The van der Waals surface area contributed by atoms with Crippen molar-refractivity contribution in [2.24, 2.45) is 5.92 Å². The van der Waals surface area contributed by atoms with Crippen LogP contribution in [-0.4, -0.2) is 40.8 Å². The van der Waals surface area contributed by atoms with Gasteiger partial charge in [0.05, 0.1) is 17.1 Å². The largest absolute Gasteiger partial charge is 0.379 e. The molecule has 2 heterocycles. The van der Waals surface area contributed by atoms with Crippen LogP contribution in [0.5, 0.6) is 0 Å². The molecule has 1 aromatic heterocycles. The van der Waals surface area contributed by atoms with Crippen molar-refractivity contribution in [1.29, 1.82) is 0 Å². The van der Waals surface area contributed by atoms with Crippen LogP contribution in [0, 0.1) is 19.8 Å². The Bertz CT molecular complexity index is 377. The molecule has 1 fully saturated rings. The predicted molar refractivity (Wildman–Crippen MR) is 80.6 cm³/mol. The highest BCUT2D eigenvalue weighted by Crippen LogP contribution is 2.24. The number of nitrogens with zero attached hydrogens (tertiary/aromatic N) is 2. The summed E-state index contributed by atoms with van der Waals surface area (Å²) < 4.78 is 0. The van der Waals surface area contributed by atoms with Crippen LogP contribution in [0.2, 0.25) is 0 Å². The van der Waals surface area contributed by atoms with Crippen LogP contribution in [0.25, 0.3) is 0 Å². The molecular weight excluding hydrogens is 236 g/mol. The molecule has 0 aliphatic carbocycles. The van der Waals surface area contributed by atoms with Gasteiger partial charge in [0.15, 0.2) is 0 Å². The molecule has 1 saturated heterocycles. The highest BCUT2D eigenvalue weighted by Gasteiger charge is 2.25. The number of anilines is 1. The summed E-state index contributed by atoms with van der Waals surface area (Å²) >= 11 is 0. The van der Waals surface area contributed by atoms with Gasteiger partial charge in [0.25, 0.3) is 0 Å². The molecule has 1 aromatic rings. The predicted octanol–water partition coefficient (Wildman–Crippen LogP) is 2.95. The van der Waals surface area contributed by atoms with E-state index < -0.39 is 0 Å². The minimum Gasteiger partial charge on any atom is -0.379 e. The number of aromatic amines is 1. The molecule has 2 N–H and O–H groups in total. The summed E-state index contributed by atoms with van der Waals surface area (Å²) in [6.45, 7) is 12.5. The number of nitrogens with one attached hydrogen (secondary N) is 2. The zero-order valence-electron chi connectivity index (χ0n) is 12.8. The van der Waals surface area contributed by atoms with E-state index in [1.54, 1.807) is 0 Å². The lowest BCUT2D eigenvalue weighted by molar-refractivity contribution is 0.165. The second-order valence-electron chi connectivity index (χ2n) is 5.94. The van der Waals surface area contributed by atoms with E-state index in [-0.39, 0.29) is 0 Å². The minimum atomic E-state index is 0.509. The van der Waals surface area contributed by atoms with E-state index in [0.29, 0.717) is 6.04 Å². The third kappa shape index (κ3) is 3.50. The standard InChI is InChI=1S/C15H28N4/c1-5-8-19-9-6-7-14(10-19)11(2)16-15-12(3)17-18-13(15)4/h11,14,16H,5-10H2,1-4H3,(H,17,18). The molecule has 0 saturated carbocycles. The quantitative estimate of drug-likeness (QED) is 0.859. The maximum absolute atomic E-state index is 4.26. The fraction of sp³-hybridized carbons (Fsp3) is 0.800. The van der Waals surface area contributed by atoms with Crippen LogP contribution >= 0.6 is 0 Å². The van der Waals surface area contributed by atoms with E-state index >= 15 is 0 Å². The van der Waals surface area contributed by atoms with Crippen LogP contribution in [0.3, 0.4) is 0 Å². The second-order valence-corrected chi connectivity index (χ2v) is 5.94. The summed E-state index contributed by atoms with van der Waals surface area (Å²) in [5.41, 5.74) is 3.41. The van der Waals surface area contributed by atoms with Crippen molar-refractivity contribution in [1.82, 2.24) is 15.1 Å². The number of aryl methyl sites for hydroxylation is 2. The van der Waals surface area contributed by atoms with Gasteiger partial charge >= 0.3 is 0 Å². The van der Waals surface area contributed by atoms with Crippen molar-refractivity contribution >= 4 is 5.69 Å². The molecule has 0 radical (unpaired) electrons. The number of piperidine rings is 1. The van der Waals surface area contributed by atoms with E-state index in [0.717, 1.165) is 17.3 Å². The van der Waals surface area contributed by atoms with E-state index in [9.17, 15) is 0 Å². The van der Waals surface area contributed by atoms with Crippen LogP contribution < -0.4 is 5.32 Å². The van der Waals surface area contributed by atoms with Gasteiger partial charge in [-0.05, 0) is 59.0 Å². The lowest BCUT2D eigenvalue weighted by atomic mass is 9.91. The van der Waals surface area contributed by atoms with Crippen molar-refractivity contribution in [2.75, 3.05) is 25.0 Å². The average molecular weight is 264 g/mol. The first kappa shape index (κ1) is 14.4. The third-order valence-electron chi connectivity index (χ3n) is 4.29. The molecule has 108 valence electrons. The third-order valence-corrected chi connectivity index (χ3v) is 4.29. The molecule has 0 bridgehead atoms. The smallest absolute Gasteiger partial charge is 0.0825 e. The van der Waals surface area contributed by atoms with Gasteiger partial charge < -0.3 is 10.2 Å². The van der Waals surface area contributed by atoms with Crippen molar-refractivity contribution < 1.29 is 0 Å². The molecule has 4 heteroatoms. The first-order valence-electron chi connectivity index (χ1n) is 7.62. The number of rotatable bonds is 5. The zero-order chi connectivity index (χ0) is 13.8. The van der Waals surface area contributed by atoms with Gasteiger partial charge in [-0.15, -0.1) is 0 Å². The summed E-state index contributed by atoms with van der Waals surface area (Å²) in [5, 5.41) is 11.0. The Balaban J connectivity index is 1.94. The Kier molecular flexibility index (Phi) is 4.86. The minimum absolute atomic E-state index is 0.509. The maximum Gasteiger partial charge on any atom is 0.0825 e. The SMILES string of the molecule is CCCN1CCCC(C(C)Nc2c(C)n[nH]c2C)C1. The fourth-order valence-electron chi connectivity index (χ4n) is 3.13. The Labute approximate surface area is 117 Å². The Hall–Kier alpha value is -1.03. The average Bonchev–Trinajstić information content (AvgIpc) is 2.71. The van der Waals surface area contributed by atoms with Gasteiger partial charge in [0.2, 0.25) is 0 Å². The van der Waals surface area contributed by atoms with Gasteiger partial charge in [-0.2, -0.15) is 5.10 Å². The normalized spacial score (nSPS) is 22.4. The number of hydrogen-bond donors (Lipinski definition) is 2. The fourth-order valence-corrected chi connectivity index (χ4v) is 3.13. The highest BCUT2D eigenvalue weighted by molar-refractivity contribution is 5.52. The summed E-state index contributed by atoms with van der Waals surface area (Å²) in [7, 11) is 0. The summed E-state index contributed by atoms with van der Waals surface area (Å²) in [6.07, 6.45) is 3.93. The van der Waals surface area contributed by atoms with Crippen molar-refractivity contribution in [2.45, 2.75) is 53.0 Å². The van der Waals surface area contributed by atoms with Crippen molar-refractivity contribution in [3.8, 4) is 0 Å². The monoisotopic (exact) mass is 264 g/mol. The van der Waals surface area contributed by atoms with Crippen LogP contribution in [0.4, 0.5) is 5.69 Å². The number of likely N-dealkylation sites (tertiary alicyclic amines) is 1. The molecular formula is C15H28N4. The molecule has 19 heavy (non-hydrogen) atoms. The summed E-state index contributed by atoms with van der Waals surface area (Å²) in [4.78, 5) is 2.61. The topological polar surface area (TPSA) is 44.0 Å². The summed E-state index contributed by atoms with van der Waals surface area (Å²) in [5.74, 6) is 0.744.